The fourth-order valence-corrected chi connectivity index (χ4v) is 19.1. The molecule has 1 aliphatic heterocycles. The van der Waals surface area contributed by atoms with Gasteiger partial charge in [-0.05, 0) is 236 Å². The largest absolute Gasteiger partial charge is 0.368 e. The maximum atomic E-state index is 16.1. The van der Waals surface area contributed by atoms with Gasteiger partial charge in [0.15, 0.2) is 0 Å². The molecule has 0 saturated carbocycles. The highest BCUT2D eigenvalue weighted by Gasteiger charge is 2.39. The first-order valence-corrected chi connectivity index (χ1v) is 51.8. The molecule has 9 atom stereocenters. The number of benzene rings is 7. The van der Waals surface area contributed by atoms with Crippen molar-refractivity contribution >= 4 is 82.6 Å². The van der Waals surface area contributed by atoms with Crippen LogP contribution in [0.1, 0.15) is 239 Å². The van der Waals surface area contributed by atoms with Crippen LogP contribution >= 0.6 is 11.8 Å². The monoisotopic (exact) mass is 1960 g/mol. The summed E-state index contributed by atoms with van der Waals surface area (Å²) in [7, 11) is 1.86. The lowest BCUT2D eigenvalue weighted by molar-refractivity contribution is -0.151. The summed E-state index contributed by atoms with van der Waals surface area (Å²) in [6, 6.07) is 58.5. The number of thioether (sulfide) groups is 1. The minimum atomic E-state index is -1.02. The molecule has 0 radical (unpaired) electrons. The first-order chi connectivity index (χ1) is 68.1. The van der Waals surface area contributed by atoms with Crippen LogP contribution in [0.3, 0.4) is 0 Å². The molecular weight excluding hydrogens is 1800 g/mol. The third-order valence-corrected chi connectivity index (χ3v) is 28.5. The van der Waals surface area contributed by atoms with Crippen LogP contribution in [0.4, 0.5) is 0 Å². The van der Waals surface area contributed by atoms with Crippen molar-refractivity contribution in [3.8, 4) is 0 Å². The molecule has 12 amide bonds. The topological polar surface area (TPSA) is 395 Å². The normalized spacial score (nSPS) is 14.0. The third-order valence-electron chi connectivity index (χ3n) is 27.0. The summed E-state index contributed by atoms with van der Waals surface area (Å²) < 4.78 is 0. The molecule has 141 heavy (non-hydrogen) atoms. The summed E-state index contributed by atoms with van der Waals surface area (Å²) >= 11 is 2.09. The summed E-state index contributed by atoms with van der Waals surface area (Å²) in [4.78, 5) is 199. The van der Waals surface area contributed by atoms with E-state index in [1.807, 2.05) is 214 Å². The van der Waals surface area contributed by atoms with Crippen molar-refractivity contribution < 1.29 is 57.5 Å². The Morgan fingerprint density at radius 3 is 0.830 bits per heavy atom. The van der Waals surface area contributed by atoms with Gasteiger partial charge in [0.25, 0.3) is 0 Å². The minimum absolute atomic E-state index is 0.00364. The zero-order valence-corrected chi connectivity index (χ0v) is 85.4. The van der Waals surface area contributed by atoms with Gasteiger partial charge in [0.05, 0.1) is 69.0 Å². The van der Waals surface area contributed by atoms with E-state index in [9.17, 15) is 14.4 Å². The summed E-state index contributed by atoms with van der Waals surface area (Å²) in [5.74, 6) is -5.94. The van der Waals surface area contributed by atoms with Crippen molar-refractivity contribution in [3.63, 3.8) is 0 Å². The number of likely N-dealkylation sites (N-methyl/N-ethyl adjacent to an activating group) is 1. The van der Waals surface area contributed by atoms with Gasteiger partial charge in [-0.15, -0.1) is 0 Å². The second-order valence-electron chi connectivity index (χ2n) is 37.1. The molecule has 31 heteroatoms. The summed E-state index contributed by atoms with van der Waals surface area (Å²) in [5, 5.41) is 7.13. The molecule has 30 nitrogen and oxygen atoms in total. The van der Waals surface area contributed by atoms with Gasteiger partial charge in [-0.2, -0.15) is 11.8 Å². The number of nitrogens with zero attached hydrogens (tertiary/aromatic N) is 11. The summed E-state index contributed by atoms with van der Waals surface area (Å²) in [6.07, 6.45) is 12.5. The molecule has 1 aliphatic rings. The maximum absolute atomic E-state index is 16.1. The van der Waals surface area contributed by atoms with E-state index in [1.165, 1.54) is 86.9 Å². The maximum Gasteiger partial charge on any atom is 0.243 e. The van der Waals surface area contributed by atoms with Crippen molar-refractivity contribution in [3.05, 3.63) is 251 Å². The number of rotatable bonds is 65. The van der Waals surface area contributed by atoms with Crippen LogP contribution in [-0.4, -0.2) is 286 Å². The van der Waals surface area contributed by atoms with Crippen molar-refractivity contribution in [2.24, 2.45) is 28.7 Å². The molecule has 1 saturated heterocycles. The quantitative estimate of drug-likeness (QED) is 0.0174. The molecule has 766 valence electrons. The molecule has 0 bridgehead atoms. The van der Waals surface area contributed by atoms with Gasteiger partial charge in [0.2, 0.25) is 70.9 Å². The number of carbonyl (C=O) groups is 12. The SMILES string of the molecule is C[C@@H](c1ccccc1)N(C)CC(=O)N(CCCCN)CC(=O)N(CC(=O)N(CCCCN)CC(=O)N(CC(=O)N(CC(=O)N(CCCCN)CC(=O)N(CC(=O)N(CCCCN)CC(=O)N(CC(=O)N(CC(=O)N[C@@H](CCCCNCCCCCC1CCCS1)C(N)=O)[C@@H](C)c1ccccc1)[C@@H](C)c1ccccc1)[C@@H](C)c1ccccc1)[C@@H](C)c1ccccc1)[C@@H](C)c1ccccc1)[C@@H](C)c1ccccc1. The van der Waals surface area contributed by atoms with Crippen LogP contribution in [0.2, 0.25) is 0 Å². The van der Waals surface area contributed by atoms with Crippen molar-refractivity contribution in [2.75, 3.05) is 150 Å². The van der Waals surface area contributed by atoms with E-state index >= 15 is 43.2 Å². The Balaban J connectivity index is 1.06. The molecule has 0 aromatic heterocycles. The average molecular weight is 1960 g/mol. The smallest absolute Gasteiger partial charge is 0.243 e. The Morgan fingerprint density at radius 1 is 0.305 bits per heavy atom. The van der Waals surface area contributed by atoms with Crippen LogP contribution in [0.25, 0.3) is 0 Å². The molecular formula is C110H158N18O12S. The van der Waals surface area contributed by atoms with Crippen molar-refractivity contribution in [1.29, 1.82) is 0 Å². The number of hydrogen-bond donors (Lipinski definition) is 7. The predicted molar refractivity (Wildman–Crippen MR) is 558 cm³/mol. The minimum Gasteiger partial charge on any atom is -0.368 e. The van der Waals surface area contributed by atoms with Gasteiger partial charge in [-0.25, -0.2) is 0 Å². The van der Waals surface area contributed by atoms with Crippen molar-refractivity contribution in [2.45, 2.75) is 211 Å². The number of amides is 12. The first kappa shape index (κ1) is 115. The van der Waals surface area contributed by atoms with E-state index in [0.29, 0.717) is 92.1 Å². The second kappa shape index (κ2) is 62.6. The van der Waals surface area contributed by atoms with E-state index in [1.54, 1.807) is 58.9 Å². The Labute approximate surface area is 841 Å². The lowest BCUT2D eigenvalue weighted by Gasteiger charge is -2.37. The Hall–Kier alpha value is -11.7. The van der Waals surface area contributed by atoms with E-state index < -0.39 is 166 Å². The highest BCUT2D eigenvalue weighted by Crippen LogP contribution is 2.33. The van der Waals surface area contributed by atoms with E-state index in [4.69, 9.17) is 28.7 Å². The number of primary amides is 1. The number of carbonyl (C=O) groups excluding carboxylic acids is 12. The van der Waals surface area contributed by atoms with Gasteiger partial charge in [-0.3, -0.25) is 62.4 Å². The average Bonchev–Trinajstić information content (AvgIpc) is 1.58. The highest BCUT2D eigenvalue weighted by molar-refractivity contribution is 8.00. The number of nitrogens with two attached hydrogens (primary N) is 5. The Morgan fingerprint density at radius 2 is 0.560 bits per heavy atom. The van der Waals surface area contributed by atoms with Gasteiger partial charge < -0.3 is 88.3 Å². The molecule has 0 aliphatic carbocycles. The van der Waals surface area contributed by atoms with E-state index in [2.05, 4.69) is 22.4 Å². The third kappa shape index (κ3) is 37.9. The molecule has 7 aromatic carbocycles. The number of nitrogens with one attached hydrogen (secondary N) is 2. The zero-order chi connectivity index (χ0) is 102. The standard InChI is InChI=1S/C110H158N18O12S/c1-83(90-44-17-9-18-45-90)118(8)73-100(130)119(67-39-33-61-111)74-104(134)124(85(3)92-48-21-11-22-49-92)78-101(131)122(70-42-36-64-114)77-107(137)128(89(7)96-56-29-15-30-57-96)82-109(139)126(87(5)94-52-25-13-26-53-94)80-103(133)120(68-40-34-62-112)75-105(135)125(86(4)93-50-23-12-24-51-93)79-102(132)121(69-41-35-63-113)76-106(136)127(88(6)95-54-27-14-28-55-95)81-108(138)123(84(2)91-46-19-10-20-47-91)72-99(129)117-98(110(115)140)60-32-38-66-116-65-37-16-31-58-97-59-43-71-141-97/h9-15,17-30,44-57,83-89,97-98,116H,16,31-43,58-82,111-114H2,1-8H3,(H2,115,140)(H,117,129)/t83-,84-,85-,86-,87-,88-,89-,97?,98-/m0/s1. The van der Waals surface area contributed by atoms with Gasteiger partial charge >= 0.3 is 0 Å². The predicted octanol–water partition coefficient (Wildman–Crippen LogP) is 11.7. The fraction of sp³-hybridized carbons (Fsp3) is 0.509. The fourth-order valence-electron chi connectivity index (χ4n) is 17.8. The molecule has 7 aromatic rings. The van der Waals surface area contributed by atoms with Crippen LogP contribution < -0.4 is 39.3 Å². The van der Waals surface area contributed by atoms with Crippen LogP contribution in [0, 0.1) is 0 Å². The van der Waals surface area contributed by atoms with Crippen LogP contribution in [0.15, 0.2) is 212 Å². The zero-order valence-electron chi connectivity index (χ0n) is 84.6. The molecule has 1 heterocycles. The lowest BCUT2D eigenvalue weighted by atomic mass is 10.0. The van der Waals surface area contributed by atoms with Gasteiger partial charge in [-0.1, -0.05) is 225 Å². The molecule has 12 N–H and O–H groups in total. The molecule has 1 fully saturated rings. The molecule has 8 rings (SSSR count). The van der Waals surface area contributed by atoms with Crippen LogP contribution in [-0.2, 0) is 57.5 Å². The number of unbranched alkanes of at least 4 members (excludes halogenated alkanes) is 7. The number of hydrogen-bond acceptors (Lipinski definition) is 19. The Bertz CT molecular complexity index is 4930. The highest BCUT2D eigenvalue weighted by atomic mass is 32.2. The lowest BCUT2D eigenvalue weighted by Crippen LogP contribution is -2.54. The first-order valence-electron chi connectivity index (χ1n) is 50.7. The molecule has 1 unspecified atom stereocenters. The molecule has 0 spiro atoms. The summed E-state index contributed by atoms with van der Waals surface area (Å²) in [6.45, 7) is 10.2. The van der Waals surface area contributed by atoms with Gasteiger partial charge in [0.1, 0.15) is 45.3 Å². The summed E-state index contributed by atoms with van der Waals surface area (Å²) in [5.41, 5.74) is 35.3. The van der Waals surface area contributed by atoms with E-state index in [0.717, 1.165) is 42.3 Å². The van der Waals surface area contributed by atoms with Gasteiger partial charge in [0, 0.05) is 37.5 Å². The van der Waals surface area contributed by atoms with E-state index in [-0.39, 0.29) is 77.3 Å². The van der Waals surface area contributed by atoms with Crippen molar-refractivity contribution in [1.82, 2.24) is 64.5 Å². The second-order valence-corrected chi connectivity index (χ2v) is 38.6. The Kier molecular flexibility index (Phi) is 50.8. The van der Waals surface area contributed by atoms with Crippen LogP contribution in [0.5, 0.6) is 0 Å².